The largest absolute Gasteiger partial charge is 0.496 e. The van der Waals surface area contributed by atoms with Crippen molar-refractivity contribution < 1.29 is 9.47 Å². The van der Waals surface area contributed by atoms with Gasteiger partial charge >= 0.3 is 0 Å². The molecule has 0 aromatic heterocycles. The van der Waals surface area contributed by atoms with Gasteiger partial charge in [-0.15, -0.1) is 0 Å². The first-order chi connectivity index (χ1) is 13.7. The van der Waals surface area contributed by atoms with Crippen LogP contribution in [-0.2, 0) is 0 Å². The van der Waals surface area contributed by atoms with Crippen LogP contribution < -0.4 is 9.47 Å². The van der Waals surface area contributed by atoms with E-state index in [0.717, 1.165) is 39.2 Å². The van der Waals surface area contributed by atoms with Gasteiger partial charge in [0.25, 0.3) is 0 Å². The quantitative estimate of drug-likeness (QED) is 0.529. The van der Waals surface area contributed by atoms with Crippen molar-refractivity contribution in [3.63, 3.8) is 0 Å². The van der Waals surface area contributed by atoms with Crippen LogP contribution >= 0.6 is 15.9 Å². The summed E-state index contributed by atoms with van der Waals surface area (Å²) in [7, 11) is 1.69. The van der Waals surface area contributed by atoms with Gasteiger partial charge in [0.2, 0.25) is 6.23 Å². The molecule has 5 rings (SSSR count). The summed E-state index contributed by atoms with van der Waals surface area (Å²) < 4.78 is 13.1. The Labute approximate surface area is 172 Å². The van der Waals surface area contributed by atoms with E-state index in [0.29, 0.717) is 0 Å². The third-order valence-electron chi connectivity index (χ3n) is 5.28. The van der Waals surface area contributed by atoms with Crippen molar-refractivity contribution in [3.05, 3.63) is 94.0 Å². The second-order valence-electron chi connectivity index (χ2n) is 6.90. The highest BCUT2D eigenvalue weighted by atomic mass is 79.9. The number of hydrogen-bond donors (Lipinski definition) is 0. The average molecular weight is 435 g/mol. The Kier molecular flexibility index (Phi) is 4.32. The maximum atomic E-state index is 6.41. The first kappa shape index (κ1) is 17.3. The van der Waals surface area contributed by atoms with Gasteiger partial charge in [-0.25, -0.2) is 5.01 Å². The van der Waals surface area contributed by atoms with Crippen molar-refractivity contribution in [1.29, 1.82) is 0 Å². The average Bonchev–Trinajstić information content (AvgIpc) is 3.19. The molecule has 5 heteroatoms. The lowest BCUT2D eigenvalue weighted by Gasteiger charge is -2.38. The molecule has 4 nitrogen and oxygen atoms in total. The van der Waals surface area contributed by atoms with Crippen molar-refractivity contribution in [2.24, 2.45) is 5.10 Å². The summed E-state index contributed by atoms with van der Waals surface area (Å²) in [6.45, 7) is 0. The number of fused-ring (bicyclic) bond motifs is 3. The number of methoxy groups -OCH3 is 1. The minimum atomic E-state index is -0.330. The maximum absolute atomic E-state index is 6.41. The van der Waals surface area contributed by atoms with E-state index >= 15 is 0 Å². The zero-order valence-corrected chi connectivity index (χ0v) is 17.0. The number of hydrazone groups is 1. The molecule has 3 aromatic rings. The summed E-state index contributed by atoms with van der Waals surface area (Å²) in [5.41, 5.74) is 4.35. The number of halogens is 1. The topological polar surface area (TPSA) is 34.1 Å². The van der Waals surface area contributed by atoms with Gasteiger partial charge in [-0.2, -0.15) is 5.10 Å². The number of ether oxygens (including phenoxy) is 2. The lowest BCUT2D eigenvalue weighted by atomic mass is 9.96. The summed E-state index contributed by atoms with van der Waals surface area (Å²) in [5, 5.41) is 7.08. The van der Waals surface area contributed by atoms with Crippen LogP contribution in [0.4, 0.5) is 0 Å². The third kappa shape index (κ3) is 2.87. The minimum absolute atomic E-state index is 0.138. The fourth-order valence-corrected chi connectivity index (χ4v) is 4.19. The number of hydrogen-bond acceptors (Lipinski definition) is 4. The van der Waals surface area contributed by atoms with Crippen molar-refractivity contribution in [1.82, 2.24) is 5.01 Å². The van der Waals surface area contributed by atoms with Gasteiger partial charge in [-0.1, -0.05) is 58.4 Å². The molecular formula is C23H19BrN2O2. The summed E-state index contributed by atoms with van der Waals surface area (Å²) in [4.78, 5) is 0. The summed E-state index contributed by atoms with van der Waals surface area (Å²) in [5.74, 6) is 1.71. The van der Waals surface area contributed by atoms with E-state index in [1.165, 1.54) is 5.56 Å². The molecule has 0 spiro atoms. The summed E-state index contributed by atoms with van der Waals surface area (Å²) in [6, 6.07) is 24.7. The van der Waals surface area contributed by atoms with Gasteiger partial charge in [0.05, 0.1) is 24.4 Å². The van der Waals surface area contributed by atoms with Gasteiger partial charge < -0.3 is 9.47 Å². The van der Waals surface area contributed by atoms with Crippen LogP contribution in [0.3, 0.4) is 0 Å². The number of para-hydroxylation sites is 2. The SMILES string of the molecule is COc1ccccc1[C@H]1Oc2ccccc2[C@H]2CC(c3ccc(Br)cc3)=NN21. The lowest BCUT2D eigenvalue weighted by molar-refractivity contribution is -0.0203. The number of nitrogens with zero attached hydrogens (tertiary/aromatic N) is 2. The van der Waals surface area contributed by atoms with Crippen LogP contribution in [0.5, 0.6) is 11.5 Å². The van der Waals surface area contributed by atoms with E-state index in [2.05, 4.69) is 57.3 Å². The Hall–Kier alpha value is -2.79. The first-order valence-electron chi connectivity index (χ1n) is 9.25. The Balaban J connectivity index is 1.61. The van der Waals surface area contributed by atoms with E-state index in [-0.39, 0.29) is 12.3 Å². The Bertz CT molecular complexity index is 1050. The van der Waals surface area contributed by atoms with Gasteiger partial charge in [-0.05, 0) is 35.9 Å². The van der Waals surface area contributed by atoms with Gasteiger partial charge in [-0.3, -0.25) is 0 Å². The Morgan fingerprint density at radius 3 is 2.46 bits per heavy atom. The molecule has 3 aromatic carbocycles. The molecule has 0 unspecified atom stereocenters. The standard InChI is InChI=1S/C23H19BrN2O2/c1-27-21-8-4-3-7-18(21)23-26-20(17-6-2-5-9-22(17)28-23)14-19(25-26)15-10-12-16(24)13-11-15/h2-13,20,23H,14H2,1H3/t20-,23-/m1/s1. The van der Waals surface area contributed by atoms with Crippen molar-refractivity contribution in [3.8, 4) is 11.5 Å². The van der Waals surface area contributed by atoms with E-state index < -0.39 is 0 Å². The smallest absolute Gasteiger partial charge is 0.217 e. The van der Waals surface area contributed by atoms with Crippen LogP contribution in [0.25, 0.3) is 0 Å². The van der Waals surface area contributed by atoms with Crippen LogP contribution in [0, 0.1) is 0 Å². The van der Waals surface area contributed by atoms with Crippen molar-refractivity contribution in [2.45, 2.75) is 18.7 Å². The van der Waals surface area contributed by atoms with Gasteiger partial charge in [0.1, 0.15) is 11.5 Å². The van der Waals surface area contributed by atoms with Crippen molar-refractivity contribution in [2.75, 3.05) is 7.11 Å². The third-order valence-corrected chi connectivity index (χ3v) is 5.81. The van der Waals surface area contributed by atoms with Crippen molar-refractivity contribution >= 4 is 21.6 Å². The highest BCUT2D eigenvalue weighted by Gasteiger charge is 2.41. The molecule has 0 bridgehead atoms. The molecule has 0 saturated carbocycles. The van der Waals surface area contributed by atoms with Crippen LogP contribution in [0.15, 0.2) is 82.4 Å². The molecule has 0 saturated heterocycles. The van der Waals surface area contributed by atoms with Crippen LogP contribution in [0.1, 0.15) is 35.4 Å². The molecule has 2 atom stereocenters. The fraction of sp³-hybridized carbons (Fsp3) is 0.174. The molecule has 2 aliphatic heterocycles. The predicted molar refractivity (Wildman–Crippen MR) is 113 cm³/mol. The van der Waals surface area contributed by atoms with Gasteiger partial charge in [0, 0.05) is 16.5 Å². The molecular weight excluding hydrogens is 416 g/mol. The highest BCUT2D eigenvalue weighted by Crippen LogP contribution is 2.48. The maximum Gasteiger partial charge on any atom is 0.217 e. The normalized spacial score (nSPS) is 20.1. The molecule has 0 aliphatic carbocycles. The Morgan fingerprint density at radius 1 is 0.964 bits per heavy atom. The summed E-state index contributed by atoms with van der Waals surface area (Å²) in [6.07, 6.45) is 0.511. The Morgan fingerprint density at radius 2 is 1.68 bits per heavy atom. The molecule has 2 heterocycles. The van der Waals surface area contributed by atoms with E-state index in [1.807, 2.05) is 36.4 Å². The number of rotatable bonds is 3. The molecule has 0 amide bonds. The summed E-state index contributed by atoms with van der Waals surface area (Å²) >= 11 is 3.51. The monoisotopic (exact) mass is 434 g/mol. The molecule has 0 N–H and O–H groups in total. The first-order valence-corrected chi connectivity index (χ1v) is 10.0. The van der Waals surface area contributed by atoms with Crippen LogP contribution in [-0.4, -0.2) is 17.8 Å². The van der Waals surface area contributed by atoms with E-state index in [9.17, 15) is 0 Å². The minimum Gasteiger partial charge on any atom is -0.496 e. The zero-order chi connectivity index (χ0) is 19.1. The molecule has 28 heavy (non-hydrogen) atoms. The molecule has 2 aliphatic rings. The highest BCUT2D eigenvalue weighted by molar-refractivity contribution is 9.10. The second kappa shape index (κ2) is 6.99. The van der Waals surface area contributed by atoms with E-state index in [4.69, 9.17) is 14.6 Å². The number of benzene rings is 3. The fourth-order valence-electron chi connectivity index (χ4n) is 3.93. The molecule has 0 fully saturated rings. The van der Waals surface area contributed by atoms with Gasteiger partial charge in [0.15, 0.2) is 0 Å². The second-order valence-corrected chi connectivity index (χ2v) is 7.82. The van der Waals surface area contributed by atoms with E-state index in [1.54, 1.807) is 7.11 Å². The lowest BCUT2D eigenvalue weighted by Crippen LogP contribution is -2.33. The van der Waals surface area contributed by atoms with Crippen LogP contribution in [0.2, 0.25) is 0 Å². The zero-order valence-electron chi connectivity index (χ0n) is 15.4. The predicted octanol–water partition coefficient (Wildman–Crippen LogP) is 5.70. The molecule has 140 valence electrons. The molecule has 0 radical (unpaired) electrons.